The van der Waals surface area contributed by atoms with Crippen LogP contribution in [0.15, 0.2) is 11.6 Å². The molecule has 0 aromatic carbocycles. The molecule has 0 nitrogen and oxygen atoms in total. The lowest BCUT2D eigenvalue weighted by atomic mass is 9.94. The molecular formula is C18H36. The Morgan fingerprint density at radius 1 is 0.944 bits per heavy atom. The summed E-state index contributed by atoms with van der Waals surface area (Å²) >= 11 is 0. The van der Waals surface area contributed by atoms with Crippen LogP contribution in [0.1, 0.15) is 92.4 Å². The Bertz CT molecular complexity index is 200. The van der Waals surface area contributed by atoms with Crippen molar-refractivity contribution in [2.24, 2.45) is 11.8 Å². The number of allylic oxidation sites excluding steroid dienone is 2. The summed E-state index contributed by atoms with van der Waals surface area (Å²) in [5.74, 6) is 1.80. The maximum atomic E-state index is 2.45. The third kappa shape index (κ3) is 12.2. The third-order valence-electron chi connectivity index (χ3n) is 3.80. The third-order valence-corrected chi connectivity index (χ3v) is 3.80. The van der Waals surface area contributed by atoms with Crippen LogP contribution in [0.2, 0.25) is 0 Å². The molecule has 0 saturated heterocycles. The maximum Gasteiger partial charge on any atom is -0.0323 e. The molecule has 1 atom stereocenters. The molecule has 0 aromatic heterocycles. The first kappa shape index (κ1) is 17.7. The number of rotatable bonds is 11. The molecule has 0 amide bonds. The molecular weight excluding hydrogens is 216 g/mol. The first-order chi connectivity index (χ1) is 8.56. The lowest BCUT2D eigenvalue weighted by Gasteiger charge is -2.12. The van der Waals surface area contributed by atoms with E-state index in [0.717, 1.165) is 11.8 Å². The van der Waals surface area contributed by atoms with Gasteiger partial charge in [-0.25, -0.2) is 0 Å². The van der Waals surface area contributed by atoms with E-state index in [-0.39, 0.29) is 0 Å². The summed E-state index contributed by atoms with van der Waals surface area (Å²) in [6.07, 6.45) is 14.8. The van der Waals surface area contributed by atoms with Gasteiger partial charge < -0.3 is 0 Å². The van der Waals surface area contributed by atoms with Crippen molar-refractivity contribution in [2.45, 2.75) is 92.4 Å². The van der Waals surface area contributed by atoms with Crippen molar-refractivity contribution in [3.63, 3.8) is 0 Å². The molecule has 0 aromatic rings. The van der Waals surface area contributed by atoms with E-state index in [0.29, 0.717) is 0 Å². The van der Waals surface area contributed by atoms with Gasteiger partial charge in [0.1, 0.15) is 0 Å². The average Bonchev–Trinajstić information content (AvgIpc) is 2.29. The van der Waals surface area contributed by atoms with Crippen molar-refractivity contribution in [1.82, 2.24) is 0 Å². The normalized spacial score (nSPS) is 14.2. The number of unbranched alkanes of at least 4 members (excludes halogenated alkanes) is 2. The summed E-state index contributed by atoms with van der Waals surface area (Å²) in [4.78, 5) is 0. The minimum absolute atomic E-state index is 0.876. The Kier molecular flexibility index (Phi) is 11.6. The molecule has 0 aliphatic heterocycles. The summed E-state index contributed by atoms with van der Waals surface area (Å²) in [7, 11) is 0. The van der Waals surface area contributed by atoms with Crippen LogP contribution in [-0.4, -0.2) is 0 Å². The number of hydrogen-bond acceptors (Lipinski definition) is 0. The highest BCUT2D eigenvalue weighted by Gasteiger charge is 2.03. The first-order valence-electron chi connectivity index (χ1n) is 8.21. The van der Waals surface area contributed by atoms with E-state index >= 15 is 0 Å². The van der Waals surface area contributed by atoms with Gasteiger partial charge in [0.2, 0.25) is 0 Å². The Hall–Kier alpha value is -0.260. The Balaban J connectivity index is 3.49. The van der Waals surface area contributed by atoms with E-state index < -0.39 is 0 Å². The molecule has 0 N–H and O–H groups in total. The number of hydrogen-bond donors (Lipinski definition) is 0. The van der Waals surface area contributed by atoms with E-state index in [1.54, 1.807) is 5.57 Å². The zero-order chi connectivity index (χ0) is 13.8. The van der Waals surface area contributed by atoms with Crippen molar-refractivity contribution >= 4 is 0 Å². The van der Waals surface area contributed by atoms with Crippen molar-refractivity contribution < 1.29 is 0 Å². The van der Waals surface area contributed by atoms with E-state index in [2.05, 4.69) is 40.7 Å². The zero-order valence-corrected chi connectivity index (χ0v) is 13.6. The fraction of sp³-hybridized carbons (Fsp3) is 0.889. The summed E-state index contributed by atoms with van der Waals surface area (Å²) in [6.45, 7) is 11.7. The van der Waals surface area contributed by atoms with E-state index in [1.807, 2.05) is 0 Å². The lowest BCUT2D eigenvalue weighted by Crippen LogP contribution is -1.97. The van der Waals surface area contributed by atoms with Gasteiger partial charge >= 0.3 is 0 Å². The topological polar surface area (TPSA) is 0 Å². The Morgan fingerprint density at radius 3 is 2.22 bits per heavy atom. The molecule has 0 aliphatic carbocycles. The quantitative estimate of drug-likeness (QED) is 0.281. The van der Waals surface area contributed by atoms with Crippen LogP contribution in [0.5, 0.6) is 0 Å². The summed E-state index contributed by atoms with van der Waals surface area (Å²) in [5, 5.41) is 0. The first-order valence-corrected chi connectivity index (χ1v) is 8.21. The van der Waals surface area contributed by atoms with Gasteiger partial charge in [-0.2, -0.15) is 0 Å². The molecule has 0 unspecified atom stereocenters. The predicted octanol–water partition coefficient (Wildman–Crippen LogP) is 6.76. The molecule has 0 radical (unpaired) electrons. The average molecular weight is 252 g/mol. The van der Waals surface area contributed by atoms with Crippen LogP contribution in [0.3, 0.4) is 0 Å². The van der Waals surface area contributed by atoms with Crippen LogP contribution in [0.25, 0.3) is 0 Å². The maximum absolute atomic E-state index is 2.45. The highest BCUT2D eigenvalue weighted by Crippen LogP contribution is 2.19. The standard InChI is InChI=1S/C18H36/c1-6-7-8-12-17(4)14-10-15-18(5)13-9-11-16(2)3/h12,16,18H,6-11,13-15H2,1-5H3/b17-12-/t18-/m1/s1. The second-order valence-corrected chi connectivity index (χ2v) is 6.51. The molecule has 0 bridgehead atoms. The minimum atomic E-state index is 0.876. The summed E-state index contributed by atoms with van der Waals surface area (Å²) < 4.78 is 0. The van der Waals surface area contributed by atoms with Gasteiger partial charge in [-0.15, -0.1) is 0 Å². The largest absolute Gasteiger partial charge is 0.0856 e. The Labute approximate surface area is 116 Å². The molecule has 0 saturated carbocycles. The van der Waals surface area contributed by atoms with Crippen molar-refractivity contribution in [1.29, 1.82) is 0 Å². The molecule has 0 fully saturated rings. The smallest absolute Gasteiger partial charge is 0.0323 e. The van der Waals surface area contributed by atoms with Crippen LogP contribution >= 0.6 is 0 Å². The molecule has 0 heterocycles. The van der Waals surface area contributed by atoms with E-state index in [1.165, 1.54) is 57.8 Å². The molecule has 0 spiro atoms. The molecule has 18 heavy (non-hydrogen) atoms. The van der Waals surface area contributed by atoms with Crippen molar-refractivity contribution in [3.05, 3.63) is 11.6 Å². The highest BCUT2D eigenvalue weighted by molar-refractivity contribution is 4.97. The van der Waals surface area contributed by atoms with Gasteiger partial charge in [0, 0.05) is 0 Å². The van der Waals surface area contributed by atoms with Crippen molar-refractivity contribution in [3.8, 4) is 0 Å². The highest BCUT2D eigenvalue weighted by atomic mass is 14.1. The summed E-state index contributed by atoms with van der Waals surface area (Å²) in [5.41, 5.74) is 1.61. The summed E-state index contributed by atoms with van der Waals surface area (Å²) in [6, 6.07) is 0. The minimum Gasteiger partial charge on any atom is -0.0856 e. The molecule has 0 heteroatoms. The zero-order valence-electron chi connectivity index (χ0n) is 13.6. The van der Waals surface area contributed by atoms with Gasteiger partial charge in [-0.1, -0.05) is 77.9 Å². The van der Waals surface area contributed by atoms with Gasteiger partial charge in [0.05, 0.1) is 0 Å². The van der Waals surface area contributed by atoms with Gasteiger partial charge in [-0.3, -0.25) is 0 Å². The SMILES string of the molecule is CCCC/C=C(/C)CCC[C@H](C)CCCC(C)C. The monoisotopic (exact) mass is 252 g/mol. The molecule has 108 valence electrons. The van der Waals surface area contributed by atoms with E-state index in [9.17, 15) is 0 Å². The van der Waals surface area contributed by atoms with Crippen LogP contribution in [0.4, 0.5) is 0 Å². The van der Waals surface area contributed by atoms with Crippen LogP contribution < -0.4 is 0 Å². The second kappa shape index (κ2) is 11.8. The van der Waals surface area contributed by atoms with Gasteiger partial charge in [-0.05, 0) is 38.0 Å². The fourth-order valence-electron chi connectivity index (χ4n) is 2.40. The molecule has 0 aliphatic rings. The predicted molar refractivity (Wildman–Crippen MR) is 85.0 cm³/mol. The van der Waals surface area contributed by atoms with Gasteiger partial charge in [0.25, 0.3) is 0 Å². The Morgan fingerprint density at radius 2 is 1.61 bits per heavy atom. The lowest BCUT2D eigenvalue weighted by molar-refractivity contribution is 0.427. The molecule has 0 rings (SSSR count). The van der Waals surface area contributed by atoms with Crippen LogP contribution in [-0.2, 0) is 0 Å². The second-order valence-electron chi connectivity index (χ2n) is 6.51. The van der Waals surface area contributed by atoms with Crippen molar-refractivity contribution in [2.75, 3.05) is 0 Å². The van der Waals surface area contributed by atoms with E-state index in [4.69, 9.17) is 0 Å². The van der Waals surface area contributed by atoms with Gasteiger partial charge in [0.15, 0.2) is 0 Å². The van der Waals surface area contributed by atoms with Crippen LogP contribution in [0, 0.1) is 11.8 Å². The fourth-order valence-corrected chi connectivity index (χ4v) is 2.40.